The number of hydrogen-bond donors (Lipinski definition) is 1. The first-order valence-corrected chi connectivity index (χ1v) is 5.79. The van der Waals surface area contributed by atoms with Gasteiger partial charge in [0.1, 0.15) is 5.82 Å². The van der Waals surface area contributed by atoms with Gasteiger partial charge in [0.15, 0.2) is 5.78 Å². The first kappa shape index (κ1) is 13.0. The number of ketones is 1. The molecular weight excluding hydrogens is 245 g/mol. The molecule has 0 saturated carbocycles. The number of rotatable bonds is 4. The molecule has 19 heavy (non-hydrogen) atoms. The van der Waals surface area contributed by atoms with E-state index in [-0.39, 0.29) is 17.9 Å². The van der Waals surface area contributed by atoms with Crippen LogP contribution in [0.25, 0.3) is 0 Å². The fourth-order valence-electron chi connectivity index (χ4n) is 1.63. The van der Waals surface area contributed by atoms with Gasteiger partial charge < -0.3 is 5.32 Å². The lowest BCUT2D eigenvalue weighted by Crippen LogP contribution is -2.17. The van der Waals surface area contributed by atoms with Crippen molar-refractivity contribution in [2.75, 3.05) is 5.32 Å². The summed E-state index contributed by atoms with van der Waals surface area (Å²) in [5.74, 6) is -1.35. The number of anilines is 1. The standard InChI is InChI=1S/C15H12FNO2/c16-12-8-4-5-9-13(12)17-15(19)10-14(18)11-6-2-1-3-7-11/h1-9H,10H2,(H,17,19). The van der Waals surface area contributed by atoms with Crippen LogP contribution in [-0.4, -0.2) is 11.7 Å². The van der Waals surface area contributed by atoms with E-state index < -0.39 is 11.7 Å². The quantitative estimate of drug-likeness (QED) is 0.676. The summed E-state index contributed by atoms with van der Waals surface area (Å²) in [6.45, 7) is 0. The predicted octanol–water partition coefficient (Wildman–Crippen LogP) is 3.04. The number of carbonyl (C=O) groups is 2. The highest BCUT2D eigenvalue weighted by Gasteiger charge is 2.12. The van der Waals surface area contributed by atoms with Crippen LogP contribution in [-0.2, 0) is 4.79 Å². The van der Waals surface area contributed by atoms with E-state index in [1.54, 1.807) is 36.4 Å². The van der Waals surface area contributed by atoms with Crippen molar-refractivity contribution in [3.63, 3.8) is 0 Å². The van der Waals surface area contributed by atoms with Crippen molar-refractivity contribution in [3.05, 3.63) is 66.0 Å². The highest BCUT2D eigenvalue weighted by Crippen LogP contribution is 2.13. The molecule has 0 spiro atoms. The Morgan fingerprint density at radius 1 is 0.947 bits per heavy atom. The normalized spacial score (nSPS) is 9.95. The summed E-state index contributed by atoms with van der Waals surface area (Å²) in [5, 5.41) is 2.38. The van der Waals surface area contributed by atoms with E-state index in [1.807, 2.05) is 0 Å². The molecule has 0 aliphatic rings. The zero-order chi connectivity index (χ0) is 13.7. The summed E-state index contributed by atoms with van der Waals surface area (Å²) in [5.41, 5.74) is 0.541. The van der Waals surface area contributed by atoms with Gasteiger partial charge in [-0.05, 0) is 12.1 Å². The van der Waals surface area contributed by atoms with Gasteiger partial charge in [0.25, 0.3) is 0 Å². The van der Waals surface area contributed by atoms with E-state index in [9.17, 15) is 14.0 Å². The molecule has 4 heteroatoms. The molecule has 0 radical (unpaired) electrons. The lowest BCUT2D eigenvalue weighted by molar-refractivity contribution is -0.115. The molecule has 2 rings (SSSR count). The fourth-order valence-corrected chi connectivity index (χ4v) is 1.63. The van der Waals surface area contributed by atoms with Crippen LogP contribution in [0.15, 0.2) is 54.6 Å². The molecule has 0 fully saturated rings. The molecule has 0 aliphatic heterocycles. The predicted molar refractivity (Wildman–Crippen MR) is 70.4 cm³/mol. The molecule has 2 aromatic rings. The Kier molecular flexibility index (Phi) is 4.03. The Hall–Kier alpha value is -2.49. The molecule has 0 bridgehead atoms. The van der Waals surface area contributed by atoms with E-state index in [0.717, 1.165) is 0 Å². The van der Waals surface area contributed by atoms with Gasteiger partial charge in [-0.1, -0.05) is 42.5 Å². The molecule has 1 amide bonds. The van der Waals surface area contributed by atoms with Crippen molar-refractivity contribution in [2.45, 2.75) is 6.42 Å². The topological polar surface area (TPSA) is 46.2 Å². The first-order chi connectivity index (χ1) is 9.16. The smallest absolute Gasteiger partial charge is 0.232 e. The molecule has 2 aromatic carbocycles. The second-order valence-corrected chi connectivity index (χ2v) is 3.99. The largest absolute Gasteiger partial charge is 0.323 e. The number of Topliss-reactive ketones (excluding diaryl/α,β-unsaturated/α-hetero) is 1. The van der Waals surface area contributed by atoms with Crippen LogP contribution in [0.2, 0.25) is 0 Å². The SMILES string of the molecule is O=C(CC(=O)c1ccccc1)Nc1ccccc1F. The van der Waals surface area contributed by atoms with Gasteiger partial charge in [-0.2, -0.15) is 0 Å². The molecular formula is C15H12FNO2. The highest BCUT2D eigenvalue weighted by molar-refractivity contribution is 6.10. The maximum Gasteiger partial charge on any atom is 0.232 e. The third-order valence-corrected chi connectivity index (χ3v) is 2.56. The van der Waals surface area contributed by atoms with Crippen LogP contribution < -0.4 is 5.32 Å². The molecule has 0 aromatic heterocycles. The van der Waals surface area contributed by atoms with Crippen LogP contribution >= 0.6 is 0 Å². The van der Waals surface area contributed by atoms with Crippen molar-refractivity contribution in [2.24, 2.45) is 0 Å². The van der Waals surface area contributed by atoms with Gasteiger partial charge in [-0.25, -0.2) is 4.39 Å². The van der Waals surface area contributed by atoms with Crippen LogP contribution in [0.5, 0.6) is 0 Å². The van der Waals surface area contributed by atoms with Gasteiger partial charge in [0.2, 0.25) is 5.91 Å². The summed E-state index contributed by atoms with van der Waals surface area (Å²) in [7, 11) is 0. The second kappa shape index (κ2) is 5.91. The summed E-state index contributed by atoms with van der Waals surface area (Å²) >= 11 is 0. The van der Waals surface area contributed by atoms with E-state index >= 15 is 0 Å². The van der Waals surface area contributed by atoms with Crippen molar-refractivity contribution in [1.29, 1.82) is 0 Å². The Balaban J connectivity index is 1.99. The Labute approximate surface area is 110 Å². The summed E-state index contributed by atoms with van der Waals surface area (Å²) in [4.78, 5) is 23.4. The molecule has 0 aliphatic carbocycles. The maximum absolute atomic E-state index is 13.3. The third kappa shape index (κ3) is 3.48. The van der Waals surface area contributed by atoms with Crippen LogP contribution in [0.4, 0.5) is 10.1 Å². The number of carbonyl (C=O) groups excluding carboxylic acids is 2. The van der Waals surface area contributed by atoms with E-state index in [2.05, 4.69) is 5.32 Å². The number of halogens is 1. The van der Waals surface area contributed by atoms with Crippen LogP contribution in [0.1, 0.15) is 16.8 Å². The maximum atomic E-state index is 13.3. The third-order valence-electron chi connectivity index (χ3n) is 2.56. The van der Waals surface area contributed by atoms with Gasteiger partial charge in [0, 0.05) is 5.56 Å². The monoisotopic (exact) mass is 257 g/mol. The number of nitrogens with one attached hydrogen (secondary N) is 1. The lowest BCUT2D eigenvalue weighted by Gasteiger charge is -2.05. The highest BCUT2D eigenvalue weighted by atomic mass is 19.1. The lowest BCUT2D eigenvalue weighted by atomic mass is 10.1. The fraction of sp³-hybridized carbons (Fsp3) is 0.0667. The zero-order valence-electron chi connectivity index (χ0n) is 10.1. The number of amides is 1. The van der Waals surface area contributed by atoms with Gasteiger partial charge >= 0.3 is 0 Å². The number of hydrogen-bond acceptors (Lipinski definition) is 2. The van der Waals surface area contributed by atoms with Crippen molar-refractivity contribution in [1.82, 2.24) is 0 Å². The zero-order valence-corrected chi connectivity index (χ0v) is 10.1. The van der Waals surface area contributed by atoms with E-state index in [0.29, 0.717) is 5.56 Å². The summed E-state index contributed by atoms with van der Waals surface area (Å²) in [6.07, 6.45) is -0.307. The Morgan fingerprint density at radius 3 is 2.26 bits per heavy atom. The second-order valence-electron chi connectivity index (χ2n) is 3.99. The number of benzene rings is 2. The van der Waals surface area contributed by atoms with Crippen molar-refractivity contribution >= 4 is 17.4 Å². The minimum Gasteiger partial charge on any atom is -0.323 e. The van der Waals surface area contributed by atoms with Crippen LogP contribution in [0, 0.1) is 5.82 Å². The molecule has 3 nitrogen and oxygen atoms in total. The van der Waals surface area contributed by atoms with Crippen molar-refractivity contribution < 1.29 is 14.0 Å². The minimum absolute atomic E-state index is 0.0772. The summed E-state index contributed by atoms with van der Waals surface area (Å²) in [6, 6.07) is 14.3. The molecule has 96 valence electrons. The van der Waals surface area contributed by atoms with E-state index in [1.165, 1.54) is 18.2 Å². The average Bonchev–Trinajstić information content (AvgIpc) is 2.42. The minimum atomic E-state index is -0.529. The first-order valence-electron chi connectivity index (χ1n) is 5.79. The van der Waals surface area contributed by atoms with Gasteiger partial charge in [0.05, 0.1) is 12.1 Å². The number of para-hydroxylation sites is 1. The molecule has 0 atom stereocenters. The van der Waals surface area contributed by atoms with Crippen molar-refractivity contribution in [3.8, 4) is 0 Å². The molecule has 0 unspecified atom stereocenters. The Bertz CT molecular complexity index is 596. The average molecular weight is 257 g/mol. The van der Waals surface area contributed by atoms with Gasteiger partial charge in [-0.15, -0.1) is 0 Å². The molecule has 0 saturated heterocycles. The summed E-state index contributed by atoms with van der Waals surface area (Å²) < 4.78 is 13.3. The van der Waals surface area contributed by atoms with Gasteiger partial charge in [-0.3, -0.25) is 9.59 Å². The van der Waals surface area contributed by atoms with Crippen LogP contribution in [0.3, 0.4) is 0 Å². The molecule has 1 N–H and O–H groups in total. The Morgan fingerprint density at radius 2 is 1.58 bits per heavy atom. The van der Waals surface area contributed by atoms with E-state index in [4.69, 9.17) is 0 Å². The molecule has 0 heterocycles.